The van der Waals surface area contributed by atoms with Crippen LogP contribution >= 0.6 is 31.9 Å². The van der Waals surface area contributed by atoms with E-state index in [1.807, 2.05) is 0 Å². The molecular weight excluding hydrogens is 574 g/mol. The first-order chi connectivity index (χ1) is 11.6. The molecule has 0 aliphatic heterocycles. The number of fused-ring (bicyclic) bond motifs is 1. The molecule has 0 nitrogen and oxygen atoms in total. The first-order valence-corrected chi connectivity index (χ1v) is 12.2. The van der Waals surface area contributed by atoms with Crippen LogP contribution in [-0.4, -0.2) is 0 Å². The summed E-state index contributed by atoms with van der Waals surface area (Å²) >= 11 is 6.55. The van der Waals surface area contributed by atoms with Gasteiger partial charge in [0.1, 0.15) is 0 Å². The van der Waals surface area contributed by atoms with E-state index in [1.54, 1.807) is 8.85 Å². The molecule has 0 spiro atoms. The SMILES string of the molecule is CC1=Cc2c(Br)cccc2[CH]1[Zr+2][C]1=CC(c2ccc(Br)cc2)=CC1.[Cl-].[Cl-]. The van der Waals surface area contributed by atoms with Gasteiger partial charge >= 0.3 is 173 Å². The summed E-state index contributed by atoms with van der Waals surface area (Å²) in [6.07, 6.45) is 8.38. The van der Waals surface area contributed by atoms with Gasteiger partial charge in [-0.3, -0.25) is 0 Å². The van der Waals surface area contributed by atoms with E-state index < -0.39 is 23.2 Å². The molecule has 2 aromatic carbocycles. The fourth-order valence-electron chi connectivity index (χ4n) is 3.36. The minimum absolute atomic E-state index is 0. The van der Waals surface area contributed by atoms with E-state index in [0.717, 1.165) is 10.9 Å². The number of hydrogen-bond donors (Lipinski definition) is 0. The molecule has 2 aromatic rings. The summed E-state index contributed by atoms with van der Waals surface area (Å²) in [4.78, 5) is 0. The van der Waals surface area contributed by atoms with E-state index in [-0.39, 0.29) is 24.8 Å². The molecule has 0 N–H and O–H groups in total. The van der Waals surface area contributed by atoms with Crippen molar-refractivity contribution in [1.82, 2.24) is 0 Å². The summed E-state index contributed by atoms with van der Waals surface area (Å²) in [5.41, 5.74) is 7.20. The molecule has 0 heterocycles. The summed E-state index contributed by atoms with van der Waals surface area (Å²) in [6, 6.07) is 15.3. The van der Waals surface area contributed by atoms with Crippen molar-refractivity contribution in [2.75, 3.05) is 0 Å². The summed E-state index contributed by atoms with van der Waals surface area (Å²) in [5, 5.41) is 0. The molecule has 0 aromatic heterocycles. The Kier molecular flexibility index (Phi) is 8.20. The van der Waals surface area contributed by atoms with Crippen molar-refractivity contribution >= 4 is 43.5 Å². The van der Waals surface area contributed by atoms with Crippen molar-refractivity contribution in [3.05, 3.63) is 89.1 Å². The number of rotatable bonds is 3. The van der Waals surface area contributed by atoms with Crippen molar-refractivity contribution in [3.63, 3.8) is 0 Å². The van der Waals surface area contributed by atoms with Gasteiger partial charge in [-0.2, -0.15) is 0 Å². The average molecular weight is 590 g/mol. The van der Waals surface area contributed by atoms with Crippen LogP contribution in [0.1, 0.15) is 33.7 Å². The van der Waals surface area contributed by atoms with E-state index in [4.69, 9.17) is 0 Å². The van der Waals surface area contributed by atoms with Crippen molar-refractivity contribution in [1.29, 1.82) is 0 Å². The maximum absolute atomic E-state index is 3.71. The zero-order chi connectivity index (χ0) is 16.7. The Morgan fingerprint density at radius 3 is 2.42 bits per heavy atom. The number of allylic oxidation sites excluding steroid dienone is 5. The maximum atomic E-state index is 3.71. The average Bonchev–Trinajstić information content (AvgIpc) is 3.16. The second kappa shape index (κ2) is 9.52. The number of hydrogen-bond acceptors (Lipinski definition) is 0. The van der Waals surface area contributed by atoms with Crippen LogP contribution in [-0.2, 0) is 23.2 Å². The second-order valence-corrected chi connectivity index (χ2v) is 11.7. The van der Waals surface area contributed by atoms with Crippen LogP contribution in [0.3, 0.4) is 0 Å². The molecule has 132 valence electrons. The largest absolute Gasteiger partial charge is 1.00 e. The molecule has 5 heteroatoms. The minimum Gasteiger partial charge on any atom is -1.00 e. The molecule has 2 aliphatic rings. The Balaban J connectivity index is 0.00000121. The fourth-order valence-corrected chi connectivity index (χ4v) is 7.93. The fraction of sp³-hybridized carbons (Fsp3) is 0.143. The van der Waals surface area contributed by atoms with Crippen LogP contribution in [0.25, 0.3) is 11.6 Å². The van der Waals surface area contributed by atoms with Crippen molar-refractivity contribution in [2.24, 2.45) is 0 Å². The summed E-state index contributed by atoms with van der Waals surface area (Å²) in [5.74, 6) is 0. The third-order valence-corrected chi connectivity index (χ3v) is 10.2. The molecule has 26 heavy (non-hydrogen) atoms. The van der Waals surface area contributed by atoms with Crippen LogP contribution in [0.15, 0.2) is 72.4 Å². The first-order valence-electron chi connectivity index (χ1n) is 8.01. The zero-order valence-electron chi connectivity index (χ0n) is 14.1. The summed E-state index contributed by atoms with van der Waals surface area (Å²) < 4.78 is 4.75. The Bertz CT molecular complexity index is 899. The summed E-state index contributed by atoms with van der Waals surface area (Å²) in [6.45, 7) is 2.30. The van der Waals surface area contributed by atoms with Gasteiger partial charge in [0.25, 0.3) is 0 Å². The number of halogens is 4. The number of benzene rings is 2. The molecule has 1 atom stereocenters. The van der Waals surface area contributed by atoms with Crippen LogP contribution < -0.4 is 24.8 Å². The monoisotopic (exact) mass is 586 g/mol. The Hall–Kier alpha value is 0.0831. The quantitative estimate of drug-likeness (QED) is 0.504. The van der Waals surface area contributed by atoms with E-state index in [9.17, 15) is 0 Å². The van der Waals surface area contributed by atoms with E-state index in [1.165, 1.54) is 26.7 Å². The van der Waals surface area contributed by atoms with Crippen LogP contribution in [0.5, 0.6) is 0 Å². The van der Waals surface area contributed by atoms with Crippen molar-refractivity contribution in [3.8, 4) is 0 Å². The molecule has 0 saturated heterocycles. The first kappa shape index (κ1) is 22.4. The zero-order valence-corrected chi connectivity index (χ0v) is 21.2. The Morgan fingerprint density at radius 2 is 1.69 bits per heavy atom. The molecule has 2 aliphatic carbocycles. The van der Waals surface area contributed by atoms with Gasteiger partial charge < -0.3 is 24.8 Å². The maximum Gasteiger partial charge on any atom is -1.00 e. The van der Waals surface area contributed by atoms with Gasteiger partial charge in [0, 0.05) is 0 Å². The standard InChI is InChI=1S/C11H8Br.C10H8Br.2ClH.Zr/c12-11-7-5-10(6-8-11)9-3-1-2-4-9;1-7-5-8-3-2-4-10(11)9(8)6-7;;;/h3-8H,1H2;2-6H,1H3;2*1H;/q;;;;+2/p-2. The molecule has 4 rings (SSSR count). The molecule has 0 bridgehead atoms. The molecular formula is C21H16Br2Cl2Zr. The minimum atomic E-state index is -0.668. The smallest absolute Gasteiger partial charge is 1.00 e. The van der Waals surface area contributed by atoms with E-state index in [0.29, 0.717) is 3.63 Å². The Labute approximate surface area is 195 Å². The molecule has 0 amide bonds. The van der Waals surface area contributed by atoms with Gasteiger partial charge in [0.15, 0.2) is 0 Å². The van der Waals surface area contributed by atoms with Crippen LogP contribution in [0.2, 0.25) is 0 Å². The molecule has 0 radical (unpaired) electrons. The van der Waals surface area contributed by atoms with Gasteiger partial charge in [-0.05, 0) is 0 Å². The van der Waals surface area contributed by atoms with Crippen molar-refractivity contribution in [2.45, 2.75) is 17.0 Å². The predicted octanol–water partition coefficient (Wildman–Crippen LogP) is 1.13. The molecule has 1 unspecified atom stereocenters. The molecule has 0 fully saturated rings. The second-order valence-electron chi connectivity index (χ2n) is 6.25. The third kappa shape index (κ3) is 4.55. The van der Waals surface area contributed by atoms with Crippen LogP contribution in [0.4, 0.5) is 0 Å². The topological polar surface area (TPSA) is 0 Å². The van der Waals surface area contributed by atoms with Crippen LogP contribution in [0, 0.1) is 0 Å². The van der Waals surface area contributed by atoms with Gasteiger partial charge in [-0.1, -0.05) is 0 Å². The van der Waals surface area contributed by atoms with Gasteiger partial charge in [0.05, 0.1) is 0 Å². The van der Waals surface area contributed by atoms with Gasteiger partial charge in [-0.15, -0.1) is 0 Å². The molecule has 0 saturated carbocycles. The normalized spacial score (nSPS) is 17.2. The van der Waals surface area contributed by atoms with Gasteiger partial charge in [0.2, 0.25) is 0 Å². The van der Waals surface area contributed by atoms with E-state index >= 15 is 0 Å². The van der Waals surface area contributed by atoms with E-state index in [2.05, 4.69) is 99.5 Å². The van der Waals surface area contributed by atoms with Gasteiger partial charge in [-0.25, -0.2) is 0 Å². The Morgan fingerprint density at radius 1 is 0.962 bits per heavy atom. The summed E-state index contributed by atoms with van der Waals surface area (Å²) in [7, 11) is 0. The van der Waals surface area contributed by atoms with Crippen molar-refractivity contribution < 1.29 is 48.0 Å². The third-order valence-electron chi connectivity index (χ3n) is 4.60. The predicted molar refractivity (Wildman–Crippen MR) is 105 cm³/mol.